The number of benzene rings is 2. The Morgan fingerprint density at radius 2 is 1.76 bits per heavy atom. The molecule has 0 spiro atoms. The van der Waals surface area contributed by atoms with Crippen LogP contribution in [0.15, 0.2) is 46.9 Å². The van der Waals surface area contributed by atoms with Crippen molar-refractivity contribution >= 4 is 11.0 Å². The molecule has 0 aliphatic rings. The Kier molecular flexibility index (Phi) is 3.56. The Hall–Kier alpha value is -2.06. The maximum atomic E-state index is 6.42. The highest BCUT2D eigenvalue weighted by Crippen LogP contribution is 2.32. The molecule has 0 amide bonds. The Balaban J connectivity index is 2.04. The van der Waals surface area contributed by atoms with E-state index in [0.717, 1.165) is 34.3 Å². The van der Waals surface area contributed by atoms with Gasteiger partial charge in [0.05, 0.1) is 6.04 Å². The van der Waals surface area contributed by atoms with Crippen molar-refractivity contribution < 1.29 is 4.42 Å². The van der Waals surface area contributed by atoms with Crippen molar-refractivity contribution in [3.05, 3.63) is 70.5 Å². The van der Waals surface area contributed by atoms with Crippen LogP contribution in [0.3, 0.4) is 0 Å². The largest absolute Gasteiger partial charge is 0.459 e. The lowest BCUT2D eigenvalue weighted by molar-refractivity contribution is 0.521. The number of hydrogen-bond acceptors (Lipinski definition) is 2. The predicted octanol–water partition coefficient (Wildman–Crippen LogP) is 4.66. The Morgan fingerprint density at radius 1 is 1.05 bits per heavy atom. The Morgan fingerprint density at radius 3 is 2.43 bits per heavy atom. The van der Waals surface area contributed by atoms with E-state index in [2.05, 4.69) is 57.2 Å². The number of aryl methyl sites for hydroxylation is 3. The number of fused-ring (bicyclic) bond motifs is 1. The summed E-state index contributed by atoms with van der Waals surface area (Å²) >= 11 is 0. The molecule has 0 aliphatic carbocycles. The van der Waals surface area contributed by atoms with Gasteiger partial charge < -0.3 is 10.2 Å². The lowest BCUT2D eigenvalue weighted by Gasteiger charge is -2.11. The van der Waals surface area contributed by atoms with Gasteiger partial charge in [-0.1, -0.05) is 42.8 Å². The standard InChI is InChI=1S/C19H21NO/c1-4-14-6-8-15(9-7-14)18(20)19-13(3)16-11-12(2)5-10-17(16)21-19/h5-11,18H,4,20H2,1-3H3. The summed E-state index contributed by atoms with van der Waals surface area (Å²) in [5, 5.41) is 1.16. The third-order valence-corrected chi connectivity index (χ3v) is 4.16. The van der Waals surface area contributed by atoms with E-state index >= 15 is 0 Å². The molecule has 1 heterocycles. The van der Waals surface area contributed by atoms with Gasteiger partial charge in [0, 0.05) is 10.9 Å². The van der Waals surface area contributed by atoms with E-state index in [4.69, 9.17) is 10.2 Å². The third-order valence-electron chi connectivity index (χ3n) is 4.16. The minimum Gasteiger partial charge on any atom is -0.459 e. The van der Waals surface area contributed by atoms with Crippen LogP contribution in [0.4, 0.5) is 0 Å². The second-order valence-electron chi connectivity index (χ2n) is 5.66. The van der Waals surface area contributed by atoms with Crippen LogP contribution in [-0.4, -0.2) is 0 Å². The molecule has 0 saturated heterocycles. The van der Waals surface area contributed by atoms with Gasteiger partial charge in [-0.2, -0.15) is 0 Å². The van der Waals surface area contributed by atoms with Crippen molar-refractivity contribution in [1.82, 2.24) is 0 Å². The fraction of sp³-hybridized carbons (Fsp3) is 0.263. The third kappa shape index (κ3) is 2.47. The van der Waals surface area contributed by atoms with Crippen molar-refractivity contribution in [2.45, 2.75) is 33.2 Å². The number of furan rings is 1. The molecule has 2 nitrogen and oxygen atoms in total. The van der Waals surface area contributed by atoms with Gasteiger partial charge in [0.25, 0.3) is 0 Å². The number of hydrogen-bond donors (Lipinski definition) is 1. The van der Waals surface area contributed by atoms with Gasteiger partial charge in [-0.05, 0) is 43.5 Å². The van der Waals surface area contributed by atoms with Crippen LogP contribution in [0.2, 0.25) is 0 Å². The van der Waals surface area contributed by atoms with Gasteiger partial charge in [-0.25, -0.2) is 0 Å². The first-order valence-corrected chi connectivity index (χ1v) is 7.44. The Labute approximate surface area is 125 Å². The van der Waals surface area contributed by atoms with Crippen LogP contribution in [0.25, 0.3) is 11.0 Å². The van der Waals surface area contributed by atoms with E-state index in [9.17, 15) is 0 Å². The van der Waals surface area contributed by atoms with Gasteiger partial charge >= 0.3 is 0 Å². The first kappa shape index (κ1) is 13.9. The van der Waals surface area contributed by atoms with Crippen LogP contribution < -0.4 is 5.73 Å². The summed E-state index contributed by atoms with van der Waals surface area (Å²) < 4.78 is 6.00. The summed E-state index contributed by atoms with van der Waals surface area (Å²) in [6.45, 7) is 6.33. The molecule has 1 unspecified atom stereocenters. The van der Waals surface area contributed by atoms with E-state index < -0.39 is 0 Å². The molecular formula is C19H21NO. The summed E-state index contributed by atoms with van der Waals surface area (Å²) in [4.78, 5) is 0. The zero-order chi connectivity index (χ0) is 15.0. The molecule has 0 radical (unpaired) electrons. The van der Waals surface area contributed by atoms with Crippen molar-refractivity contribution in [3.63, 3.8) is 0 Å². The van der Waals surface area contributed by atoms with Crippen LogP contribution in [0, 0.1) is 13.8 Å². The summed E-state index contributed by atoms with van der Waals surface area (Å²) in [5.41, 5.74) is 12.1. The van der Waals surface area contributed by atoms with Crippen molar-refractivity contribution in [1.29, 1.82) is 0 Å². The van der Waals surface area contributed by atoms with Gasteiger partial charge in [0.2, 0.25) is 0 Å². The second-order valence-corrected chi connectivity index (χ2v) is 5.66. The Bertz CT molecular complexity index is 768. The monoisotopic (exact) mass is 279 g/mol. The van der Waals surface area contributed by atoms with Gasteiger partial charge in [-0.15, -0.1) is 0 Å². The van der Waals surface area contributed by atoms with E-state index in [0.29, 0.717) is 0 Å². The predicted molar refractivity (Wildman–Crippen MR) is 87.5 cm³/mol. The van der Waals surface area contributed by atoms with Crippen LogP contribution in [0.1, 0.15) is 41.0 Å². The second kappa shape index (κ2) is 5.38. The van der Waals surface area contributed by atoms with Gasteiger partial charge in [-0.3, -0.25) is 0 Å². The molecular weight excluding hydrogens is 258 g/mol. The van der Waals surface area contributed by atoms with Gasteiger partial charge in [0.15, 0.2) is 0 Å². The highest BCUT2D eigenvalue weighted by molar-refractivity contribution is 5.83. The van der Waals surface area contributed by atoms with Crippen molar-refractivity contribution in [2.24, 2.45) is 5.73 Å². The van der Waals surface area contributed by atoms with E-state index in [1.54, 1.807) is 0 Å². The average Bonchev–Trinajstić information content (AvgIpc) is 2.83. The average molecular weight is 279 g/mol. The van der Waals surface area contributed by atoms with Crippen LogP contribution in [-0.2, 0) is 6.42 Å². The first-order chi connectivity index (χ1) is 10.1. The molecule has 2 aromatic carbocycles. The SMILES string of the molecule is CCc1ccc(C(N)c2oc3ccc(C)cc3c2C)cc1. The summed E-state index contributed by atoms with van der Waals surface area (Å²) in [6, 6.07) is 14.5. The van der Waals surface area contributed by atoms with E-state index in [1.165, 1.54) is 11.1 Å². The number of nitrogens with two attached hydrogens (primary N) is 1. The minimum atomic E-state index is -0.219. The van der Waals surface area contributed by atoms with Crippen molar-refractivity contribution in [3.8, 4) is 0 Å². The molecule has 2 heteroatoms. The molecule has 3 rings (SSSR count). The quantitative estimate of drug-likeness (QED) is 0.757. The van der Waals surface area contributed by atoms with Crippen LogP contribution in [0.5, 0.6) is 0 Å². The maximum Gasteiger partial charge on any atom is 0.134 e. The first-order valence-electron chi connectivity index (χ1n) is 7.44. The molecule has 1 atom stereocenters. The molecule has 0 aliphatic heterocycles. The molecule has 0 fully saturated rings. The summed E-state index contributed by atoms with van der Waals surface area (Å²) in [6.07, 6.45) is 1.04. The summed E-state index contributed by atoms with van der Waals surface area (Å²) in [5.74, 6) is 0.861. The smallest absolute Gasteiger partial charge is 0.134 e. The molecule has 1 aromatic heterocycles. The lowest BCUT2D eigenvalue weighted by Crippen LogP contribution is -2.12. The molecule has 21 heavy (non-hydrogen) atoms. The topological polar surface area (TPSA) is 39.2 Å². The molecule has 108 valence electrons. The van der Waals surface area contributed by atoms with Crippen LogP contribution >= 0.6 is 0 Å². The minimum absolute atomic E-state index is 0.219. The zero-order valence-corrected chi connectivity index (χ0v) is 12.8. The highest BCUT2D eigenvalue weighted by atomic mass is 16.3. The summed E-state index contributed by atoms with van der Waals surface area (Å²) in [7, 11) is 0. The van der Waals surface area contributed by atoms with E-state index in [1.807, 2.05) is 6.07 Å². The molecule has 0 saturated carbocycles. The highest BCUT2D eigenvalue weighted by Gasteiger charge is 2.18. The molecule has 0 bridgehead atoms. The number of rotatable bonds is 3. The normalized spacial score (nSPS) is 12.8. The maximum absolute atomic E-state index is 6.42. The zero-order valence-electron chi connectivity index (χ0n) is 12.8. The fourth-order valence-electron chi connectivity index (χ4n) is 2.76. The molecule has 3 aromatic rings. The van der Waals surface area contributed by atoms with E-state index in [-0.39, 0.29) is 6.04 Å². The fourth-order valence-corrected chi connectivity index (χ4v) is 2.76. The lowest BCUT2D eigenvalue weighted by atomic mass is 9.99. The van der Waals surface area contributed by atoms with Gasteiger partial charge in [0.1, 0.15) is 11.3 Å². The van der Waals surface area contributed by atoms with Crippen molar-refractivity contribution in [2.75, 3.05) is 0 Å². The molecule has 2 N–H and O–H groups in total.